The van der Waals surface area contributed by atoms with Crippen molar-refractivity contribution < 1.29 is 0 Å². The molecule has 20 heavy (non-hydrogen) atoms. The van der Waals surface area contributed by atoms with Crippen LogP contribution in [-0.2, 0) is 0 Å². The Hall–Kier alpha value is -1.86. The van der Waals surface area contributed by atoms with Gasteiger partial charge >= 0.3 is 0 Å². The Bertz CT molecular complexity index is 867. The fourth-order valence-electron chi connectivity index (χ4n) is 3.04. The number of benzene rings is 4. The highest BCUT2D eigenvalue weighted by Crippen LogP contribution is 2.36. The molecule has 0 heterocycles. The van der Waals surface area contributed by atoms with E-state index in [1.807, 2.05) is 0 Å². The second kappa shape index (κ2) is 4.32. The summed E-state index contributed by atoms with van der Waals surface area (Å²) in [4.78, 5) is 0. The van der Waals surface area contributed by atoms with Crippen molar-refractivity contribution in [3.63, 3.8) is 0 Å². The molecule has 0 atom stereocenters. The molecule has 0 saturated carbocycles. The standard InChI is InChI=1S/C19H13Br/c1-12-6-8-16-17-9-7-13(20)11-19(17)15-5-3-2-4-14(15)18(16)10-12/h2-11H,1H3. The summed E-state index contributed by atoms with van der Waals surface area (Å²) in [6, 6.07) is 21.9. The minimum atomic E-state index is 1.13. The van der Waals surface area contributed by atoms with Crippen LogP contribution in [0.4, 0.5) is 0 Å². The molecule has 0 bridgehead atoms. The second-order valence-electron chi connectivity index (χ2n) is 5.28. The molecule has 4 aromatic rings. The molecule has 0 amide bonds. The smallest absolute Gasteiger partial charge is 0.0181 e. The molecule has 0 aliphatic carbocycles. The van der Waals surface area contributed by atoms with Crippen molar-refractivity contribution in [1.29, 1.82) is 0 Å². The van der Waals surface area contributed by atoms with Gasteiger partial charge in [0.2, 0.25) is 0 Å². The van der Waals surface area contributed by atoms with Gasteiger partial charge in [-0.25, -0.2) is 0 Å². The molecule has 0 aliphatic rings. The van der Waals surface area contributed by atoms with Crippen molar-refractivity contribution in [3.05, 3.63) is 70.7 Å². The van der Waals surface area contributed by atoms with Crippen molar-refractivity contribution >= 4 is 48.2 Å². The molecule has 0 saturated heterocycles. The van der Waals surface area contributed by atoms with E-state index in [0.29, 0.717) is 0 Å². The number of aryl methyl sites for hydroxylation is 1. The number of rotatable bonds is 0. The van der Waals surface area contributed by atoms with Gasteiger partial charge in [0, 0.05) is 4.47 Å². The first-order valence-corrected chi connectivity index (χ1v) is 7.54. The normalized spacial score (nSPS) is 11.5. The maximum Gasteiger partial charge on any atom is 0.0181 e. The summed E-state index contributed by atoms with van der Waals surface area (Å²) in [5, 5.41) is 7.96. The first kappa shape index (κ1) is 11.9. The number of hydrogen-bond acceptors (Lipinski definition) is 0. The van der Waals surface area contributed by atoms with E-state index in [-0.39, 0.29) is 0 Å². The monoisotopic (exact) mass is 320 g/mol. The Morgan fingerprint density at radius 3 is 1.85 bits per heavy atom. The maximum atomic E-state index is 3.59. The lowest BCUT2D eigenvalue weighted by Crippen LogP contribution is -1.84. The highest BCUT2D eigenvalue weighted by atomic mass is 79.9. The van der Waals surface area contributed by atoms with Crippen molar-refractivity contribution in [2.24, 2.45) is 0 Å². The van der Waals surface area contributed by atoms with E-state index in [9.17, 15) is 0 Å². The Morgan fingerprint density at radius 2 is 1.15 bits per heavy atom. The van der Waals surface area contributed by atoms with Gasteiger partial charge in [-0.15, -0.1) is 0 Å². The maximum absolute atomic E-state index is 3.59. The van der Waals surface area contributed by atoms with E-state index >= 15 is 0 Å². The minimum absolute atomic E-state index is 1.13. The Labute approximate surface area is 126 Å². The molecule has 0 aromatic heterocycles. The zero-order valence-corrected chi connectivity index (χ0v) is 12.7. The molecule has 0 radical (unpaired) electrons. The zero-order chi connectivity index (χ0) is 13.7. The highest BCUT2D eigenvalue weighted by molar-refractivity contribution is 9.10. The summed E-state index contributed by atoms with van der Waals surface area (Å²) in [5.74, 6) is 0. The van der Waals surface area contributed by atoms with E-state index in [0.717, 1.165) is 4.47 Å². The van der Waals surface area contributed by atoms with E-state index in [2.05, 4.69) is 83.5 Å². The lowest BCUT2D eigenvalue weighted by atomic mass is 9.93. The lowest BCUT2D eigenvalue weighted by molar-refractivity contribution is 1.51. The van der Waals surface area contributed by atoms with Crippen LogP contribution in [0.15, 0.2) is 65.1 Å². The molecule has 4 rings (SSSR count). The fraction of sp³-hybridized carbons (Fsp3) is 0.0526. The molecule has 0 nitrogen and oxygen atoms in total. The van der Waals surface area contributed by atoms with Crippen LogP contribution in [0.2, 0.25) is 0 Å². The Morgan fingerprint density at radius 1 is 0.600 bits per heavy atom. The minimum Gasteiger partial charge on any atom is -0.0616 e. The SMILES string of the molecule is Cc1ccc2c3ccc(Br)cc3c3ccccc3c2c1. The van der Waals surface area contributed by atoms with Crippen LogP contribution < -0.4 is 0 Å². The first-order chi connectivity index (χ1) is 9.74. The molecule has 0 unspecified atom stereocenters. The van der Waals surface area contributed by atoms with Gasteiger partial charge < -0.3 is 0 Å². The topological polar surface area (TPSA) is 0 Å². The van der Waals surface area contributed by atoms with Crippen LogP contribution in [0.25, 0.3) is 32.3 Å². The van der Waals surface area contributed by atoms with Gasteiger partial charge in [-0.2, -0.15) is 0 Å². The predicted octanol–water partition coefficient (Wildman–Crippen LogP) is 6.22. The van der Waals surface area contributed by atoms with E-state index in [4.69, 9.17) is 0 Å². The quantitative estimate of drug-likeness (QED) is 0.337. The number of halogens is 1. The third-order valence-corrected chi connectivity index (χ3v) is 4.45. The summed E-state index contributed by atoms with van der Waals surface area (Å²) in [5.41, 5.74) is 1.30. The Balaban J connectivity index is 2.40. The van der Waals surface area contributed by atoms with E-state index in [1.165, 1.54) is 37.9 Å². The molecule has 0 aliphatic heterocycles. The van der Waals surface area contributed by atoms with Crippen molar-refractivity contribution in [2.45, 2.75) is 6.92 Å². The number of fused-ring (bicyclic) bond motifs is 6. The van der Waals surface area contributed by atoms with Crippen LogP contribution in [0.1, 0.15) is 5.56 Å². The molecule has 0 spiro atoms. The van der Waals surface area contributed by atoms with Crippen LogP contribution in [0, 0.1) is 6.92 Å². The summed E-state index contributed by atoms with van der Waals surface area (Å²) in [6.45, 7) is 2.15. The largest absolute Gasteiger partial charge is 0.0616 e. The molecular weight excluding hydrogens is 308 g/mol. The first-order valence-electron chi connectivity index (χ1n) is 6.74. The summed E-state index contributed by atoms with van der Waals surface area (Å²) in [6.07, 6.45) is 0. The number of hydrogen-bond donors (Lipinski definition) is 0. The molecule has 0 N–H and O–H groups in total. The molecule has 1 heteroatoms. The second-order valence-corrected chi connectivity index (χ2v) is 6.20. The van der Waals surface area contributed by atoms with Crippen LogP contribution in [0.5, 0.6) is 0 Å². The molecule has 0 fully saturated rings. The van der Waals surface area contributed by atoms with Gasteiger partial charge in [0.05, 0.1) is 0 Å². The predicted molar refractivity (Wildman–Crippen MR) is 91.4 cm³/mol. The van der Waals surface area contributed by atoms with Gasteiger partial charge in [0.1, 0.15) is 0 Å². The molecule has 4 aromatic carbocycles. The average molecular weight is 321 g/mol. The van der Waals surface area contributed by atoms with Gasteiger partial charge in [0.25, 0.3) is 0 Å². The zero-order valence-electron chi connectivity index (χ0n) is 11.2. The van der Waals surface area contributed by atoms with Gasteiger partial charge in [0.15, 0.2) is 0 Å². The van der Waals surface area contributed by atoms with Gasteiger partial charge in [-0.1, -0.05) is 70.0 Å². The van der Waals surface area contributed by atoms with Gasteiger partial charge in [-0.3, -0.25) is 0 Å². The lowest BCUT2D eigenvalue weighted by Gasteiger charge is -2.11. The third kappa shape index (κ3) is 1.66. The summed E-state index contributed by atoms with van der Waals surface area (Å²) < 4.78 is 1.13. The van der Waals surface area contributed by atoms with Gasteiger partial charge in [-0.05, 0) is 51.4 Å². The summed E-state index contributed by atoms with van der Waals surface area (Å²) >= 11 is 3.59. The van der Waals surface area contributed by atoms with Crippen LogP contribution >= 0.6 is 15.9 Å². The van der Waals surface area contributed by atoms with E-state index in [1.54, 1.807) is 0 Å². The van der Waals surface area contributed by atoms with Crippen molar-refractivity contribution in [2.75, 3.05) is 0 Å². The Kier molecular flexibility index (Phi) is 2.58. The molecule has 96 valence electrons. The van der Waals surface area contributed by atoms with E-state index < -0.39 is 0 Å². The highest BCUT2D eigenvalue weighted by Gasteiger charge is 2.08. The fourth-order valence-corrected chi connectivity index (χ4v) is 3.40. The van der Waals surface area contributed by atoms with Crippen LogP contribution in [-0.4, -0.2) is 0 Å². The van der Waals surface area contributed by atoms with Crippen LogP contribution in [0.3, 0.4) is 0 Å². The summed E-state index contributed by atoms with van der Waals surface area (Å²) in [7, 11) is 0. The van der Waals surface area contributed by atoms with Crippen molar-refractivity contribution in [3.8, 4) is 0 Å². The van der Waals surface area contributed by atoms with Crippen molar-refractivity contribution in [1.82, 2.24) is 0 Å². The average Bonchev–Trinajstić information content (AvgIpc) is 2.47. The third-order valence-electron chi connectivity index (χ3n) is 3.95. The molecular formula is C19H13Br.